The highest BCUT2D eigenvalue weighted by molar-refractivity contribution is 5.81. The molecular weight excluding hydrogens is 354 g/mol. The summed E-state index contributed by atoms with van der Waals surface area (Å²) in [6, 6.07) is 16.8. The molecule has 0 aliphatic carbocycles. The van der Waals surface area contributed by atoms with Gasteiger partial charge in [0.05, 0.1) is 0 Å². The molecule has 1 amide bonds. The Hall–Kier alpha value is -2.82. The molecule has 0 spiro atoms. The Kier molecular flexibility index (Phi) is 5.73. The molecule has 3 rings (SSSR count). The van der Waals surface area contributed by atoms with Crippen molar-refractivity contribution < 1.29 is 19.4 Å². The number of hydrogen-bond donors (Lipinski definition) is 1. The average molecular weight is 381 g/mol. The van der Waals surface area contributed by atoms with E-state index in [0.29, 0.717) is 13.0 Å². The fourth-order valence-corrected chi connectivity index (χ4v) is 3.57. The normalized spacial score (nSPS) is 19.5. The van der Waals surface area contributed by atoms with Crippen LogP contribution in [0.1, 0.15) is 49.8 Å². The van der Waals surface area contributed by atoms with Gasteiger partial charge >= 0.3 is 12.1 Å². The molecule has 2 aromatic carbocycles. The van der Waals surface area contributed by atoms with E-state index < -0.39 is 18.1 Å². The van der Waals surface area contributed by atoms with Gasteiger partial charge in [0.25, 0.3) is 0 Å². The van der Waals surface area contributed by atoms with E-state index in [1.165, 1.54) is 10.5 Å². The smallest absolute Gasteiger partial charge is 0.410 e. The summed E-state index contributed by atoms with van der Waals surface area (Å²) in [6.45, 7) is 6.94. The van der Waals surface area contributed by atoms with Gasteiger partial charge in [0.15, 0.2) is 0 Å². The molecule has 2 aromatic rings. The molecule has 28 heavy (non-hydrogen) atoms. The van der Waals surface area contributed by atoms with Crippen LogP contribution in [-0.4, -0.2) is 34.7 Å². The Bertz CT molecular complexity index is 824. The number of carboxylic acid groups (broad SMARTS) is 1. The lowest BCUT2D eigenvalue weighted by molar-refractivity contribution is -0.141. The fourth-order valence-electron chi connectivity index (χ4n) is 3.57. The third-order valence-electron chi connectivity index (χ3n) is 5.27. The van der Waals surface area contributed by atoms with Crippen molar-refractivity contribution in [2.75, 3.05) is 6.54 Å². The van der Waals surface area contributed by atoms with Crippen LogP contribution in [0.4, 0.5) is 4.79 Å². The maximum absolute atomic E-state index is 12.5. The molecule has 1 saturated heterocycles. The molecule has 1 N–H and O–H groups in total. The number of carbonyl (C=O) groups excluding carboxylic acids is 1. The van der Waals surface area contributed by atoms with E-state index in [2.05, 4.69) is 32.9 Å². The Labute approximate surface area is 165 Å². The summed E-state index contributed by atoms with van der Waals surface area (Å²) in [7, 11) is 0. The van der Waals surface area contributed by atoms with Crippen molar-refractivity contribution >= 4 is 12.1 Å². The van der Waals surface area contributed by atoms with Crippen LogP contribution in [0.25, 0.3) is 0 Å². The minimum atomic E-state index is -0.995. The summed E-state index contributed by atoms with van der Waals surface area (Å²) in [4.78, 5) is 25.6. The van der Waals surface area contributed by atoms with Gasteiger partial charge in [-0.05, 0) is 28.5 Å². The van der Waals surface area contributed by atoms with Crippen molar-refractivity contribution in [3.63, 3.8) is 0 Å². The topological polar surface area (TPSA) is 66.8 Å². The van der Waals surface area contributed by atoms with Gasteiger partial charge < -0.3 is 9.84 Å². The van der Waals surface area contributed by atoms with Crippen LogP contribution in [0.2, 0.25) is 0 Å². The number of aliphatic carboxylic acids is 1. The first kappa shape index (κ1) is 19.9. The van der Waals surface area contributed by atoms with Crippen LogP contribution in [0.5, 0.6) is 0 Å². The van der Waals surface area contributed by atoms with Crippen molar-refractivity contribution in [2.24, 2.45) is 0 Å². The lowest BCUT2D eigenvalue weighted by Crippen LogP contribution is -2.40. The molecule has 0 radical (unpaired) electrons. The van der Waals surface area contributed by atoms with Crippen LogP contribution < -0.4 is 0 Å². The predicted molar refractivity (Wildman–Crippen MR) is 107 cm³/mol. The molecule has 0 aromatic heterocycles. The van der Waals surface area contributed by atoms with Crippen LogP contribution in [0, 0.1) is 0 Å². The standard InChI is InChI=1S/C23H27NO4/c1-23(2,3)19-11-9-17(10-12-19)18-13-20(21(25)26)24(14-18)22(27)28-15-16-7-5-4-6-8-16/h4-12,18,20H,13-15H2,1-3H3,(H,25,26)/t18-,20+/m1/s1. The number of nitrogens with zero attached hydrogens (tertiary/aromatic N) is 1. The van der Waals surface area contributed by atoms with Gasteiger partial charge in [-0.15, -0.1) is 0 Å². The molecule has 1 aliphatic rings. The zero-order valence-electron chi connectivity index (χ0n) is 16.6. The number of carboxylic acids is 1. The molecule has 1 fully saturated rings. The molecule has 0 saturated carbocycles. The third kappa shape index (κ3) is 4.53. The number of likely N-dealkylation sites (tertiary alicyclic amines) is 1. The summed E-state index contributed by atoms with van der Waals surface area (Å²) >= 11 is 0. The largest absolute Gasteiger partial charge is 0.480 e. The molecule has 2 atom stereocenters. The summed E-state index contributed by atoms with van der Waals surface area (Å²) in [5.41, 5.74) is 3.21. The number of amides is 1. The Balaban J connectivity index is 1.70. The van der Waals surface area contributed by atoms with Crippen molar-refractivity contribution in [3.8, 4) is 0 Å². The summed E-state index contributed by atoms with van der Waals surface area (Å²) in [5, 5.41) is 9.58. The zero-order valence-corrected chi connectivity index (χ0v) is 16.6. The van der Waals surface area contributed by atoms with E-state index >= 15 is 0 Å². The molecule has 5 nitrogen and oxygen atoms in total. The lowest BCUT2D eigenvalue weighted by Gasteiger charge is -2.21. The van der Waals surface area contributed by atoms with Gasteiger partial charge in [-0.25, -0.2) is 9.59 Å². The fraction of sp³-hybridized carbons (Fsp3) is 0.391. The minimum Gasteiger partial charge on any atom is -0.480 e. The number of benzene rings is 2. The van der Waals surface area contributed by atoms with Crippen LogP contribution in [0.3, 0.4) is 0 Å². The molecule has 0 unspecified atom stereocenters. The van der Waals surface area contributed by atoms with Gasteiger partial charge in [-0.1, -0.05) is 75.4 Å². The molecule has 1 aliphatic heterocycles. The summed E-state index contributed by atoms with van der Waals surface area (Å²) in [6.07, 6.45) is -0.185. The summed E-state index contributed by atoms with van der Waals surface area (Å²) in [5.74, 6) is -1.01. The summed E-state index contributed by atoms with van der Waals surface area (Å²) < 4.78 is 5.36. The van der Waals surface area contributed by atoms with Gasteiger partial charge in [-0.2, -0.15) is 0 Å². The van der Waals surface area contributed by atoms with Gasteiger partial charge in [0, 0.05) is 12.5 Å². The van der Waals surface area contributed by atoms with E-state index in [1.54, 1.807) is 0 Å². The second-order valence-electron chi connectivity index (χ2n) is 8.35. The molecule has 0 bridgehead atoms. The maximum Gasteiger partial charge on any atom is 0.410 e. The first-order valence-corrected chi connectivity index (χ1v) is 9.56. The van der Waals surface area contributed by atoms with Crippen LogP contribution in [-0.2, 0) is 21.6 Å². The van der Waals surface area contributed by atoms with E-state index in [1.807, 2.05) is 42.5 Å². The van der Waals surface area contributed by atoms with Crippen molar-refractivity contribution in [1.82, 2.24) is 4.90 Å². The van der Waals surface area contributed by atoms with Crippen molar-refractivity contribution in [2.45, 2.75) is 51.2 Å². The second-order valence-corrected chi connectivity index (χ2v) is 8.35. The minimum absolute atomic E-state index is 0.0145. The predicted octanol–water partition coefficient (Wildman–Crippen LogP) is 4.56. The van der Waals surface area contributed by atoms with E-state index in [4.69, 9.17) is 4.74 Å². The molecule has 5 heteroatoms. The molecule has 1 heterocycles. The van der Waals surface area contributed by atoms with E-state index in [9.17, 15) is 14.7 Å². The highest BCUT2D eigenvalue weighted by Gasteiger charge is 2.41. The molecule has 148 valence electrons. The number of carbonyl (C=O) groups is 2. The van der Waals surface area contributed by atoms with Crippen LogP contribution in [0.15, 0.2) is 54.6 Å². The lowest BCUT2D eigenvalue weighted by atomic mass is 9.85. The zero-order chi connectivity index (χ0) is 20.3. The average Bonchev–Trinajstić information content (AvgIpc) is 3.12. The highest BCUT2D eigenvalue weighted by Crippen LogP contribution is 2.33. The quantitative estimate of drug-likeness (QED) is 0.843. The van der Waals surface area contributed by atoms with Gasteiger partial charge in [0.2, 0.25) is 0 Å². The maximum atomic E-state index is 12.5. The second kappa shape index (κ2) is 8.05. The monoisotopic (exact) mass is 381 g/mol. The number of rotatable bonds is 4. The SMILES string of the molecule is CC(C)(C)c1ccc([C@@H]2C[C@@H](C(=O)O)N(C(=O)OCc3ccccc3)C2)cc1. The van der Waals surface area contributed by atoms with E-state index in [-0.39, 0.29) is 17.9 Å². The highest BCUT2D eigenvalue weighted by atomic mass is 16.6. The third-order valence-corrected chi connectivity index (χ3v) is 5.27. The van der Waals surface area contributed by atoms with Gasteiger partial charge in [0.1, 0.15) is 12.6 Å². The number of hydrogen-bond acceptors (Lipinski definition) is 3. The van der Waals surface area contributed by atoms with Gasteiger partial charge in [-0.3, -0.25) is 4.90 Å². The van der Waals surface area contributed by atoms with Crippen LogP contribution >= 0.6 is 0 Å². The Morgan fingerprint density at radius 1 is 1.07 bits per heavy atom. The van der Waals surface area contributed by atoms with Crippen molar-refractivity contribution in [3.05, 3.63) is 71.3 Å². The first-order valence-electron chi connectivity index (χ1n) is 9.56. The Morgan fingerprint density at radius 3 is 2.29 bits per heavy atom. The van der Waals surface area contributed by atoms with Crippen molar-refractivity contribution in [1.29, 1.82) is 0 Å². The molecular formula is C23H27NO4. The van der Waals surface area contributed by atoms with E-state index in [0.717, 1.165) is 11.1 Å². The first-order chi connectivity index (χ1) is 13.3. The number of ether oxygens (including phenoxy) is 1. The Morgan fingerprint density at radius 2 is 1.71 bits per heavy atom.